The molecule has 19 heavy (non-hydrogen) atoms. The molecule has 1 aromatic heterocycles. The molecule has 0 bridgehead atoms. The Morgan fingerprint density at radius 3 is 2.58 bits per heavy atom. The molecule has 0 amide bonds. The van der Waals surface area contributed by atoms with Gasteiger partial charge in [0.2, 0.25) is 5.88 Å². The first-order valence-electron chi connectivity index (χ1n) is 6.16. The minimum absolute atomic E-state index is 0.126. The molecule has 5 heteroatoms. The summed E-state index contributed by atoms with van der Waals surface area (Å²) in [6.45, 7) is 7.80. The van der Waals surface area contributed by atoms with Crippen molar-refractivity contribution in [1.29, 1.82) is 0 Å². The third kappa shape index (κ3) is 4.21. The van der Waals surface area contributed by atoms with Crippen LogP contribution < -0.4 is 4.74 Å². The Bertz CT molecular complexity index is 469. The predicted molar refractivity (Wildman–Crippen MR) is 71.9 cm³/mol. The normalized spacial score (nSPS) is 11.4. The fourth-order valence-corrected chi connectivity index (χ4v) is 1.66. The van der Waals surface area contributed by atoms with E-state index in [9.17, 15) is 9.90 Å². The van der Waals surface area contributed by atoms with Crippen LogP contribution in [0.4, 0.5) is 0 Å². The highest BCUT2D eigenvalue weighted by Crippen LogP contribution is 2.22. The Morgan fingerprint density at radius 1 is 1.42 bits per heavy atom. The molecule has 0 aliphatic carbocycles. The third-order valence-electron chi connectivity index (χ3n) is 3.02. The molecule has 0 aliphatic rings. The number of aromatic carboxylic acids is 1. The molecule has 1 aromatic rings. The number of carboxylic acids is 1. The van der Waals surface area contributed by atoms with Crippen molar-refractivity contribution < 1.29 is 19.4 Å². The van der Waals surface area contributed by atoms with Crippen LogP contribution in [0, 0.1) is 13.8 Å². The Kier molecular flexibility index (Phi) is 4.89. The summed E-state index contributed by atoms with van der Waals surface area (Å²) < 4.78 is 10.8. The number of aromatic nitrogens is 1. The van der Waals surface area contributed by atoms with Crippen molar-refractivity contribution in [2.24, 2.45) is 0 Å². The first-order chi connectivity index (χ1) is 8.76. The van der Waals surface area contributed by atoms with Gasteiger partial charge in [0.25, 0.3) is 0 Å². The summed E-state index contributed by atoms with van der Waals surface area (Å²) >= 11 is 0. The van der Waals surface area contributed by atoms with Gasteiger partial charge < -0.3 is 14.6 Å². The molecule has 106 valence electrons. The summed E-state index contributed by atoms with van der Waals surface area (Å²) in [4.78, 5) is 15.4. The number of ether oxygens (including phenoxy) is 2. The van der Waals surface area contributed by atoms with Gasteiger partial charge in [-0.3, -0.25) is 0 Å². The lowest BCUT2D eigenvalue weighted by Crippen LogP contribution is -2.25. The standard InChI is InChI=1S/C14H21NO4/c1-9-8-10(2)15-12(11(9)13(16)17)19-7-6-14(3,4)18-5/h8H,6-7H2,1-5H3,(H,16,17). The number of methoxy groups -OCH3 is 1. The quantitative estimate of drug-likeness (QED) is 0.858. The fourth-order valence-electron chi connectivity index (χ4n) is 1.66. The SMILES string of the molecule is COC(C)(C)CCOc1nc(C)cc(C)c1C(=O)O. The van der Waals surface area contributed by atoms with Gasteiger partial charge in [-0.05, 0) is 39.3 Å². The van der Waals surface area contributed by atoms with Crippen LogP contribution in [-0.2, 0) is 4.74 Å². The first-order valence-corrected chi connectivity index (χ1v) is 6.16. The second-order valence-corrected chi connectivity index (χ2v) is 5.13. The Labute approximate surface area is 113 Å². The van der Waals surface area contributed by atoms with Crippen molar-refractivity contribution in [1.82, 2.24) is 4.98 Å². The highest BCUT2D eigenvalue weighted by molar-refractivity contribution is 5.91. The van der Waals surface area contributed by atoms with Crippen LogP contribution in [-0.4, -0.2) is 35.4 Å². The smallest absolute Gasteiger partial charge is 0.341 e. The molecular weight excluding hydrogens is 246 g/mol. The van der Waals surface area contributed by atoms with Gasteiger partial charge in [-0.15, -0.1) is 0 Å². The molecule has 0 saturated carbocycles. The summed E-state index contributed by atoms with van der Waals surface area (Å²) in [5, 5.41) is 9.20. The Balaban J connectivity index is 2.86. The number of carbonyl (C=O) groups is 1. The van der Waals surface area contributed by atoms with Crippen molar-refractivity contribution in [3.05, 3.63) is 22.9 Å². The van der Waals surface area contributed by atoms with Crippen molar-refractivity contribution in [3.63, 3.8) is 0 Å². The van der Waals surface area contributed by atoms with Crippen molar-refractivity contribution in [2.75, 3.05) is 13.7 Å². The summed E-state index contributed by atoms with van der Waals surface area (Å²) in [6, 6.07) is 1.73. The van der Waals surface area contributed by atoms with E-state index in [1.807, 2.05) is 20.8 Å². The lowest BCUT2D eigenvalue weighted by molar-refractivity contribution is 0.00498. The van der Waals surface area contributed by atoms with Crippen LogP contribution >= 0.6 is 0 Å². The highest BCUT2D eigenvalue weighted by atomic mass is 16.5. The topological polar surface area (TPSA) is 68.7 Å². The molecule has 0 unspecified atom stereocenters. The van der Waals surface area contributed by atoms with E-state index in [0.29, 0.717) is 18.6 Å². The van der Waals surface area contributed by atoms with Gasteiger partial charge in [0.05, 0.1) is 12.2 Å². The van der Waals surface area contributed by atoms with Crippen molar-refractivity contribution >= 4 is 5.97 Å². The van der Waals surface area contributed by atoms with Gasteiger partial charge in [-0.2, -0.15) is 0 Å². The van der Waals surface area contributed by atoms with E-state index in [1.54, 1.807) is 20.1 Å². The molecule has 0 fully saturated rings. The molecule has 0 aliphatic heterocycles. The zero-order chi connectivity index (χ0) is 14.6. The van der Waals surface area contributed by atoms with E-state index < -0.39 is 5.97 Å². The zero-order valence-corrected chi connectivity index (χ0v) is 12.1. The van der Waals surface area contributed by atoms with Crippen LogP contribution in [0.2, 0.25) is 0 Å². The average Bonchev–Trinajstić information content (AvgIpc) is 2.27. The van der Waals surface area contributed by atoms with E-state index >= 15 is 0 Å². The maximum atomic E-state index is 11.2. The highest BCUT2D eigenvalue weighted by Gasteiger charge is 2.20. The lowest BCUT2D eigenvalue weighted by Gasteiger charge is -2.22. The van der Waals surface area contributed by atoms with Gasteiger partial charge in [0, 0.05) is 19.2 Å². The number of rotatable bonds is 6. The van der Waals surface area contributed by atoms with E-state index in [2.05, 4.69) is 4.98 Å². The summed E-state index contributed by atoms with van der Waals surface area (Å²) in [5.74, 6) is -0.845. The maximum absolute atomic E-state index is 11.2. The Hall–Kier alpha value is -1.62. The number of nitrogens with zero attached hydrogens (tertiary/aromatic N) is 1. The van der Waals surface area contributed by atoms with E-state index in [4.69, 9.17) is 9.47 Å². The molecule has 5 nitrogen and oxygen atoms in total. The van der Waals surface area contributed by atoms with Gasteiger partial charge in [-0.1, -0.05) is 0 Å². The number of hydrogen-bond acceptors (Lipinski definition) is 4. The fraction of sp³-hybridized carbons (Fsp3) is 0.571. The van der Waals surface area contributed by atoms with E-state index in [-0.39, 0.29) is 17.0 Å². The van der Waals surface area contributed by atoms with Gasteiger partial charge in [0.1, 0.15) is 5.56 Å². The van der Waals surface area contributed by atoms with Crippen LogP contribution in [0.15, 0.2) is 6.07 Å². The molecule has 1 rings (SSSR count). The van der Waals surface area contributed by atoms with Crippen LogP contribution in [0.25, 0.3) is 0 Å². The van der Waals surface area contributed by atoms with Crippen LogP contribution in [0.3, 0.4) is 0 Å². The number of pyridine rings is 1. The summed E-state index contributed by atoms with van der Waals surface area (Å²) in [7, 11) is 1.64. The summed E-state index contributed by atoms with van der Waals surface area (Å²) in [5.41, 5.74) is 1.22. The second-order valence-electron chi connectivity index (χ2n) is 5.13. The van der Waals surface area contributed by atoms with E-state index in [1.165, 1.54) is 0 Å². The second kappa shape index (κ2) is 6.02. The zero-order valence-electron chi connectivity index (χ0n) is 12.1. The largest absolute Gasteiger partial charge is 0.477 e. The number of hydrogen-bond donors (Lipinski definition) is 1. The minimum Gasteiger partial charge on any atom is -0.477 e. The maximum Gasteiger partial charge on any atom is 0.341 e. The number of aryl methyl sites for hydroxylation is 2. The van der Waals surface area contributed by atoms with Crippen LogP contribution in [0.1, 0.15) is 41.9 Å². The molecule has 0 aromatic carbocycles. The molecule has 1 N–H and O–H groups in total. The Morgan fingerprint density at radius 2 is 2.05 bits per heavy atom. The van der Waals surface area contributed by atoms with Crippen LogP contribution in [0.5, 0.6) is 5.88 Å². The molecule has 0 radical (unpaired) electrons. The monoisotopic (exact) mass is 267 g/mol. The van der Waals surface area contributed by atoms with Crippen molar-refractivity contribution in [3.8, 4) is 5.88 Å². The van der Waals surface area contributed by atoms with Crippen molar-refractivity contribution in [2.45, 2.75) is 39.7 Å². The molecule has 0 atom stereocenters. The molecule has 0 saturated heterocycles. The van der Waals surface area contributed by atoms with E-state index in [0.717, 1.165) is 5.69 Å². The number of carboxylic acid groups (broad SMARTS) is 1. The predicted octanol–water partition coefficient (Wildman–Crippen LogP) is 2.59. The average molecular weight is 267 g/mol. The van der Waals surface area contributed by atoms with Gasteiger partial charge in [0.15, 0.2) is 0 Å². The molecule has 0 spiro atoms. The third-order valence-corrected chi connectivity index (χ3v) is 3.02. The van der Waals surface area contributed by atoms with Gasteiger partial charge >= 0.3 is 5.97 Å². The minimum atomic E-state index is -1.02. The molecule has 1 heterocycles. The lowest BCUT2D eigenvalue weighted by atomic mass is 10.1. The summed E-state index contributed by atoms with van der Waals surface area (Å²) in [6.07, 6.45) is 0.650. The first kappa shape index (κ1) is 15.4. The van der Waals surface area contributed by atoms with Gasteiger partial charge in [-0.25, -0.2) is 9.78 Å². The molecular formula is C14H21NO4.